The van der Waals surface area contributed by atoms with Crippen LogP contribution in [-0.2, 0) is 0 Å². The smallest absolute Gasteiger partial charge is 0.269 e. The zero-order chi connectivity index (χ0) is 25.3. The monoisotopic (exact) mass is 580 g/mol. The van der Waals surface area contributed by atoms with Gasteiger partial charge in [0.05, 0.1) is 23.7 Å². The lowest BCUT2D eigenvalue weighted by Gasteiger charge is -2.23. The highest BCUT2D eigenvalue weighted by Crippen LogP contribution is 2.42. The SMILES string of the molecule is C#Cc1nn(C(C)c2cc(I)c(C)c(-c3ccc(C(=O)NC)nc3)c2OCC)c2ncnc(C)c12. The number of benzene rings is 1. The summed E-state index contributed by atoms with van der Waals surface area (Å²) in [6, 6.07) is 5.48. The molecule has 1 unspecified atom stereocenters. The summed E-state index contributed by atoms with van der Waals surface area (Å²) in [7, 11) is 1.58. The number of nitrogens with zero attached hydrogens (tertiary/aromatic N) is 5. The number of carbonyl (C=O) groups is 1. The molecule has 0 bridgehead atoms. The van der Waals surface area contributed by atoms with Crippen LogP contribution in [0.25, 0.3) is 22.2 Å². The summed E-state index contributed by atoms with van der Waals surface area (Å²) in [6.07, 6.45) is 8.99. The van der Waals surface area contributed by atoms with Crippen molar-refractivity contribution in [1.29, 1.82) is 0 Å². The lowest BCUT2D eigenvalue weighted by molar-refractivity contribution is 0.0958. The number of nitrogens with one attached hydrogen (secondary N) is 1. The molecule has 35 heavy (non-hydrogen) atoms. The van der Waals surface area contributed by atoms with Crippen molar-refractivity contribution in [1.82, 2.24) is 30.0 Å². The van der Waals surface area contributed by atoms with E-state index >= 15 is 0 Å². The van der Waals surface area contributed by atoms with E-state index in [0.717, 1.165) is 42.7 Å². The third-order valence-corrected chi connectivity index (χ3v) is 7.06. The van der Waals surface area contributed by atoms with Crippen molar-refractivity contribution in [3.63, 3.8) is 0 Å². The van der Waals surface area contributed by atoms with E-state index < -0.39 is 0 Å². The lowest BCUT2D eigenvalue weighted by atomic mass is 9.94. The van der Waals surface area contributed by atoms with Gasteiger partial charge in [-0.1, -0.05) is 6.07 Å². The molecule has 4 aromatic rings. The number of amides is 1. The first-order valence-corrected chi connectivity index (χ1v) is 12.2. The number of fused-ring (bicyclic) bond motifs is 1. The molecule has 0 radical (unpaired) electrons. The van der Waals surface area contributed by atoms with Gasteiger partial charge in [-0.05, 0) is 73.9 Å². The number of terminal acetylenes is 1. The van der Waals surface area contributed by atoms with Crippen molar-refractivity contribution in [3.05, 3.63) is 62.5 Å². The van der Waals surface area contributed by atoms with Crippen LogP contribution in [0.1, 0.15) is 52.9 Å². The molecule has 0 spiro atoms. The van der Waals surface area contributed by atoms with E-state index in [-0.39, 0.29) is 11.9 Å². The Morgan fingerprint density at radius 1 is 1.29 bits per heavy atom. The van der Waals surface area contributed by atoms with Gasteiger partial charge in [-0.25, -0.2) is 14.6 Å². The number of aryl methyl sites for hydroxylation is 1. The Morgan fingerprint density at radius 3 is 2.69 bits per heavy atom. The highest BCUT2D eigenvalue weighted by atomic mass is 127. The van der Waals surface area contributed by atoms with Crippen LogP contribution in [0.2, 0.25) is 0 Å². The van der Waals surface area contributed by atoms with E-state index in [4.69, 9.17) is 16.3 Å². The highest BCUT2D eigenvalue weighted by molar-refractivity contribution is 14.1. The maximum Gasteiger partial charge on any atom is 0.269 e. The molecule has 4 rings (SSSR count). The number of aromatic nitrogens is 5. The van der Waals surface area contributed by atoms with Crippen molar-refractivity contribution in [2.24, 2.45) is 0 Å². The number of rotatable bonds is 6. The molecule has 0 aliphatic rings. The molecule has 3 heterocycles. The fourth-order valence-electron chi connectivity index (χ4n) is 4.13. The summed E-state index contributed by atoms with van der Waals surface area (Å²) >= 11 is 2.33. The van der Waals surface area contributed by atoms with E-state index in [1.54, 1.807) is 19.3 Å². The minimum absolute atomic E-state index is 0.234. The lowest BCUT2D eigenvalue weighted by Crippen LogP contribution is -2.19. The molecular weight excluding hydrogens is 555 g/mol. The number of pyridine rings is 1. The maximum absolute atomic E-state index is 12.0. The van der Waals surface area contributed by atoms with Crippen LogP contribution in [-0.4, -0.2) is 44.3 Å². The zero-order valence-corrected chi connectivity index (χ0v) is 22.3. The normalized spacial score (nSPS) is 11.8. The van der Waals surface area contributed by atoms with Gasteiger partial charge in [-0.15, -0.1) is 6.42 Å². The molecule has 3 aromatic heterocycles. The van der Waals surface area contributed by atoms with Gasteiger partial charge in [0, 0.05) is 33.5 Å². The number of hydrogen-bond donors (Lipinski definition) is 1. The van der Waals surface area contributed by atoms with Crippen LogP contribution in [0.3, 0.4) is 0 Å². The molecule has 178 valence electrons. The Kier molecular flexibility index (Phi) is 7.03. The topological polar surface area (TPSA) is 94.8 Å². The molecule has 0 saturated carbocycles. The van der Waals surface area contributed by atoms with Gasteiger partial charge in [-0.3, -0.25) is 9.78 Å². The molecule has 1 atom stereocenters. The van der Waals surface area contributed by atoms with Gasteiger partial charge < -0.3 is 10.1 Å². The summed E-state index contributed by atoms with van der Waals surface area (Å²) in [5, 5.41) is 8.08. The summed E-state index contributed by atoms with van der Waals surface area (Å²) in [4.78, 5) is 25.1. The Hall–Kier alpha value is -3.52. The Balaban J connectivity index is 1.94. The molecule has 0 aliphatic carbocycles. The molecule has 9 heteroatoms. The van der Waals surface area contributed by atoms with Gasteiger partial charge in [0.2, 0.25) is 0 Å². The second kappa shape index (κ2) is 10.00. The largest absolute Gasteiger partial charge is 0.493 e. The molecule has 0 saturated heterocycles. The first-order valence-electron chi connectivity index (χ1n) is 11.1. The van der Waals surface area contributed by atoms with Gasteiger partial charge in [-0.2, -0.15) is 5.10 Å². The number of ether oxygens (including phenoxy) is 1. The van der Waals surface area contributed by atoms with Gasteiger partial charge >= 0.3 is 0 Å². The molecular formula is C26H25IN6O2. The summed E-state index contributed by atoms with van der Waals surface area (Å²) in [6.45, 7) is 8.43. The average molecular weight is 580 g/mol. The van der Waals surface area contributed by atoms with Crippen molar-refractivity contribution < 1.29 is 9.53 Å². The zero-order valence-electron chi connectivity index (χ0n) is 20.2. The molecule has 0 aliphatic heterocycles. The summed E-state index contributed by atoms with van der Waals surface area (Å²) in [5.74, 6) is 3.17. The van der Waals surface area contributed by atoms with Crippen LogP contribution in [0.4, 0.5) is 0 Å². The van der Waals surface area contributed by atoms with Gasteiger partial charge in [0.1, 0.15) is 23.5 Å². The fraction of sp³-hybridized carbons (Fsp3) is 0.269. The van der Waals surface area contributed by atoms with Crippen LogP contribution in [0, 0.1) is 29.8 Å². The summed E-state index contributed by atoms with van der Waals surface area (Å²) in [5.41, 5.74) is 6.12. The summed E-state index contributed by atoms with van der Waals surface area (Å²) < 4.78 is 9.14. The first-order chi connectivity index (χ1) is 16.8. The van der Waals surface area contributed by atoms with Crippen LogP contribution in [0.5, 0.6) is 5.75 Å². The van der Waals surface area contributed by atoms with Gasteiger partial charge in [0.15, 0.2) is 5.65 Å². The van der Waals surface area contributed by atoms with Crippen molar-refractivity contribution in [3.8, 4) is 29.2 Å². The molecule has 1 amide bonds. The molecule has 8 nitrogen and oxygen atoms in total. The van der Waals surface area contributed by atoms with Crippen LogP contribution < -0.4 is 10.1 Å². The predicted octanol–water partition coefficient (Wildman–Crippen LogP) is 4.46. The average Bonchev–Trinajstić information content (AvgIpc) is 3.26. The number of halogens is 1. The van der Waals surface area contributed by atoms with Crippen molar-refractivity contribution in [2.75, 3.05) is 13.7 Å². The first kappa shape index (κ1) is 24.6. The third kappa shape index (κ3) is 4.34. The molecule has 1 N–H and O–H groups in total. The van der Waals surface area contributed by atoms with E-state index in [2.05, 4.69) is 61.8 Å². The Morgan fingerprint density at radius 2 is 2.06 bits per heavy atom. The second-order valence-corrected chi connectivity index (χ2v) is 9.15. The maximum atomic E-state index is 12.0. The standard InChI is InChI=1S/C26H25IN6O2/c1-7-20-23-15(4)30-13-31-25(23)33(32-20)16(5)18-11-19(27)14(3)22(24(18)35-8-2)17-9-10-21(29-12-17)26(34)28-6/h1,9-13,16H,8H2,2-6H3,(H,28,34). The van der Waals surface area contributed by atoms with E-state index in [1.165, 1.54) is 6.33 Å². The van der Waals surface area contributed by atoms with E-state index in [9.17, 15) is 4.79 Å². The predicted molar refractivity (Wildman–Crippen MR) is 143 cm³/mol. The minimum Gasteiger partial charge on any atom is -0.493 e. The Labute approximate surface area is 217 Å². The fourth-order valence-corrected chi connectivity index (χ4v) is 4.73. The minimum atomic E-state index is -0.235. The van der Waals surface area contributed by atoms with Crippen LogP contribution in [0.15, 0.2) is 30.7 Å². The molecule has 1 aromatic carbocycles. The number of carbonyl (C=O) groups excluding carboxylic acids is 1. The van der Waals surface area contributed by atoms with E-state index in [0.29, 0.717) is 23.6 Å². The molecule has 0 fully saturated rings. The van der Waals surface area contributed by atoms with Crippen molar-refractivity contribution in [2.45, 2.75) is 33.7 Å². The van der Waals surface area contributed by atoms with Gasteiger partial charge in [0.25, 0.3) is 5.91 Å². The third-order valence-electron chi connectivity index (χ3n) is 5.94. The Bertz CT molecular complexity index is 1470. The number of hydrogen-bond acceptors (Lipinski definition) is 6. The quantitative estimate of drug-likeness (QED) is 0.268. The highest BCUT2D eigenvalue weighted by Gasteiger charge is 2.25. The van der Waals surface area contributed by atoms with E-state index in [1.807, 2.05) is 31.5 Å². The van der Waals surface area contributed by atoms with Crippen molar-refractivity contribution >= 4 is 39.5 Å². The second-order valence-electron chi connectivity index (χ2n) is 7.99. The van der Waals surface area contributed by atoms with Crippen LogP contribution >= 0.6 is 22.6 Å².